The van der Waals surface area contributed by atoms with Crippen LogP contribution in [0.5, 0.6) is 0 Å². The fourth-order valence-corrected chi connectivity index (χ4v) is 5.54. The molecule has 0 bridgehead atoms. The van der Waals surface area contributed by atoms with Crippen LogP contribution in [0.15, 0.2) is 22.6 Å². The van der Waals surface area contributed by atoms with Crippen LogP contribution in [-0.4, -0.2) is 25.2 Å². The van der Waals surface area contributed by atoms with E-state index in [1.807, 2.05) is 0 Å². The van der Waals surface area contributed by atoms with E-state index in [0.29, 0.717) is 19.0 Å². The molecule has 0 aromatic heterocycles. The van der Waals surface area contributed by atoms with Gasteiger partial charge in [-0.15, -0.1) is 6.58 Å². The second-order valence-corrected chi connectivity index (χ2v) is 10.9. The number of hydrogen-bond acceptors (Lipinski definition) is 4. The molecule has 208 valence electrons. The number of nitrogens with zero attached hydrogens (tertiary/aromatic N) is 2. The molecule has 0 fully saturated rings. The molecule has 4 nitrogen and oxygen atoms in total. The lowest BCUT2D eigenvalue weighted by molar-refractivity contribution is 0.224. The Bertz CT molecular complexity index is 579. The molecule has 0 radical (unpaired) electrons. The van der Waals surface area contributed by atoms with Crippen molar-refractivity contribution in [3.05, 3.63) is 12.7 Å². The minimum atomic E-state index is 0.636. The first-order valence-electron chi connectivity index (χ1n) is 15.4. The average Bonchev–Trinajstić information content (AvgIpc) is 2.89. The molecule has 3 unspecified atom stereocenters. The average molecular weight is 503 g/mol. The Balaban J connectivity index is 4.43. The van der Waals surface area contributed by atoms with Crippen molar-refractivity contribution in [3.63, 3.8) is 0 Å². The van der Waals surface area contributed by atoms with E-state index in [4.69, 9.17) is 0 Å². The molecule has 0 saturated carbocycles. The molecule has 0 spiro atoms. The lowest BCUT2D eigenvalue weighted by atomic mass is 9.75. The van der Waals surface area contributed by atoms with Gasteiger partial charge >= 0.3 is 0 Å². The fraction of sp³-hybridized carbons (Fsp3) is 0.875. The highest BCUT2D eigenvalue weighted by atomic mass is 16.1. The van der Waals surface area contributed by atoms with Crippen LogP contribution in [0.1, 0.15) is 149 Å². The van der Waals surface area contributed by atoms with Gasteiger partial charge in [0.05, 0.1) is 13.1 Å². The van der Waals surface area contributed by atoms with Gasteiger partial charge in [0.25, 0.3) is 0 Å². The Kier molecular flexibility index (Phi) is 26.9. The Hall–Kier alpha value is -1.50. The number of rotatable bonds is 28. The quantitative estimate of drug-likeness (QED) is 0.0462. The molecule has 0 aliphatic rings. The van der Waals surface area contributed by atoms with E-state index in [1.165, 1.54) is 122 Å². The fourth-order valence-electron chi connectivity index (χ4n) is 5.54. The lowest BCUT2D eigenvalue weighted by Crippen LogP contribution is -2.21. The first kappa shape index (κ1) is 34.5. The van der Waals surface area contributed by atoms with Crippen LogP contribution in [0.25, 0.3) is 0 Å². The predicted molar refractivity (Wildman–Crippen MR) is 155 cm³/mol. The smallest absolute Gasteiger partial charge is 0.211 e. The monoisotopic (exact) mass is 502 g/mol. The van der Waals surface area contributed by atoms with Gasteiger partial charge in [0.2, 0.25) is 12.2 Å². The van der Waals surface area contributed by atoms with Gasteiger partial charge in [0.1, 0.15) is 0 Å². The summed E-state index contributed by atoms with van der Waals surface area (Å²) in [6, 6.07) is 0. The minimum absolute atomic E-state index is 0.636. The molecule has 0 N–H and O–H groups in total. The third-order valence-electron chi connectivity index (χ3n) is 7.84. The number of unbranched alkanes of at least 4 members (excludes halogenated alkanes) is 15. The molecule has 3 atom stereocenters. The molecule has 0 aliphatic carbocycles. The largest absolute Gasteiger partial charge is 0.234 e. The van der Waals surface area contributed by atoms with Crippen molar-refractivity contribution in [3.8, 4) is 0 Å². The van der Waals surface area contributed by atoms with Gasteiger partial charge in [-0.05, 0) is 43.4 Å². The van der Waals surface area contributed by atoms with Crippen molar-refractivity contribution in [2.45, 2.75) is 149 Å². The number of isocyanates is 2. The highest BCUT2D eigenvalue weighted by Crippen LogP contribution is 2.34. The third-order valence-corrected chi connectivity index (χ3v) is 7.84. The SMILES string of the molecule is C=CC(CCCCCCCC)C(CCCCCCCCN=C=O)C(C)CCCCCCCCN=C=O. The maximum absolute atomic E-state index is 10.1. The van der Waals surface area contributed by atoms with Gasteiger partial charge in [0, 0.05) is 0 Å². The van der Waals surface area contributed by atoms with E-state index in [9.17, 15) is 9.59 Å². The van der Waals surface area contributed by atoms with Crippen LogP contribution >= 0.6 is 0 Å². The molecule has 4 heteroatoms. The standard InChI is InChI=1S/C32H58N2O2/c1-4-6-7-8-14-19-24-31(5-2)32(25-20-15-10-12-17-22-27-34-29-36)30(3)23-18-13-9-11-16-21-26-33-28-35/h5,30-32H,2,4,6-27H2,1,3H3. The zero-order valence-electron chi connectivity index (χ0n) is 24.0. The van der Waals surface area contributed by atoms with E-state index in [0.717, 1.165) is 24.7 Å². The lowest BCUT2D eigenvalue weighted by Gasteiger charge is -2.31. The Morgan fingerprint density at radius 2 is 1.03 bits per heavy atom. The van der Waals surface area contributed by atoms with Gasteiger partial charge < -0.3 is 0 Å². The molecular formula is C32H58N2O2. The highest BCUT2D eigenvalue weighted by molar-refractivity contribution is 5.32. The first-order chi connectivity index (χ1) is 17.7. The van der Waals surface area contributed by atoms with E-state index in [1.54, 1.807) is 12.2 Å². The highest BCUT2D eigenvalue weighted by Gasteiger charge is 2.24. The van der Waals surface area contributed by atoms with Crippen LogP contribution in [0.4, 0.5) is 0 Å². The van der Waals surface area contributed by atoms with E-state index >= 15 is 0 Å². The summed E-state index contributed by atoms with van der Waals surface area (Å²) in [5.41, 5.74) is 0. The summed E-state index contributed by atoms with van der Waals surface area (Å²) < 4.78 is 0. The summed E-state index contributed by atoms with van der Waals surface area (Å²) in [5, 5.41) is 0. The minimum Gasteiger partial charge on any atom is -0.211 e. The van der Waals surface area contributed by atoms with Crippen molar-refractivity contribution in [1.29, 1.82) is 0 Å². The summed E-state index contributed by atoms with van der Waals surface area (Å²) >= 11 is 0. The van der Waals surface area contributed by atoms with Crippen LogP contribution in [0.3, 0.4) is 0 Å². The van der Waals surface area contributed by atoms with Gasteiger partial charge in [-0.25, -0.2) is 19.6 Å². The maximum atomic E-state index is 10.1. The number of aliphatic imine (C=N–C) groups is 2. The third kappa shape index (κ3) is 21.8. The Morgan fingerprint density at radius 3 is 1.50 bits per heavy atom. The number of carbonyl (C=O) groups excluding carboxylic acids is 2. The maximum Gasteiger partial charge on any atom is 0.234 e. The summed E-state index contributed by atoms with van der Waals surface area (Å²) in [6.07, 6.45) is 32.4. The van der Waals surface area contributed by atoms with Crippen molar-refractivity contribution >= 4 is 12.2 Å². The molecule has 0 heterocycles. The van der Waals surface area contributed by atoms with Gasteiger partial charge in [-0.1, -0.05) is 129 Å². The van der Waals surface area contributed by atoms with Gasteiger partial charge in [-0.2, -0.15) is 0 Å². The molecule has 0 aliphatic heterocycles. The second-order valence-electron chi connectivity index (χ2n) is 10.9. The van der Waals surface area contributed by atoms with Crippen LogP contribution in [0.2, 0.25) is 0 Å². The zero-order valence-corrected chi connectivity index (χ0v) is 24.0. The van der Waals surface area contributed by atoms with Crippen LogP contribution < -0.4 is 0 Å². The molecule has 0 aromatic carbocycles. The summed E-state index contributed by atoms with van der Waals surface area (Å²) in [5.74, 6) is 2.18. The number of allylic oxidation sites excluding steroid dienone is 1. The first-order valence-corrected chi connectivity index (χ1v) is 15.4. The van der Waals surface area contributed by atoms with Gasteiger partial charge in [0.15, 0.2) is 0 Å². The molecule has 0 saturated heterocycles. The van der Waals surface area contributed by atoms with Crippen molar-refractivity contribution in [1.82, 2.24) is 0 Å². The molecule has 0 aromatic rings. The topological polar surface area (TPSA) is 58.9 Å². The van der Waals surface area contributed by atoms with E-state index in [-0.39, 0.29) is 0 Å². The van der Waals surface area contributed by atoms with E-state index in [2.05, 4.69) is 36.5 Å². The molecule has 0 rings (SSSR count). The van der Waals surface area contributed by atoms with Crippen LogP contribution in [-0.2, 0) is 9.59 Å². The molecule has 0 amide bonds. The zero-order chi connectivity index (χ0) is 26.5. The normalized spacial score (nSPS) is 13.4. The summed E-state index contributed by atoms with van der Waals surface area (Å²) in [7, 11) is 0. The van der Waals surface area contributed by atoms with Crippen molar-refractivity contribution < 1.29 is 9.59 Å². The second kappa shape index (κ2) is 28.1. The van der Waals surface area contributed by atoms with Crippen molar-refractivity contribution in [2.24, 2.45) is 27.7 Å². The van der Waals surface area contributed by atoms with Gasteiger partial charge in [-0.3, -0.25) is 0 Å². The Morgan fingerprint density at radius 1 is 0.611 bits per heavy atom. The van der Waals surface area contributed by atoms with E-state index < -0.39 is 0 Å². The molecule has 36 heavy (non-hydrogen) atoms. The molecular weight excluding hydrogens is 444 g/mol. The summed E-state index contributed by atoms with van der Waals surface area (Å²) in [6.45, 7) is 10.3. The Labute approximate surface area is 223 Å². The number of hydrogen-bond donors (Lipinski definition) is 0. The predicted octanol–water partition coefficient (Wildman–Crippen LogP) is 9.92. The summed E-state index contributed by atoms with van der Waals surface area (Å²) in [4.78, 5) is 27.6. The van der Waals surface area contributed by atoms with Crippen molar-refractivity contribution in [2.75, 3.05) is 13.1 Å². The van der Waals surface area contributed by atoms with Crippen LogP contribution in [0, 0.1) is 17.8 Å².